The third-order valence-electron chi connectivity index (χ3n) is 4.48. The van der Waals surface area contributed by atoms with Crippen LogP contribution in [0.4, 0.5) is 10.2 Å². The zero-order chi connectivity index (χ0) is 18.6. The van der Waals surface area contributed by atoms with E-state index < -0.39 is 0 Å². The van der Waals surface area contributed by atoms with Gasteiger partial charge in [0.05, 0.1) is 0 Å². The van der Waals surface area contributed by atoms with E-state index in [9.17, 15) is 4.39 Å². The van der Waals surface area contributed by atoms with Gasteiger partial charge in [0, 0.05) is 11.6 Å². The van der Waals surface area contributed by atoms with E-state index in [4.69, 9.17) is 4.52 Å². The molecule has 4 rings (SSSR count). The average molecular weight is 362 g/mol. The Bertz CT molecular complexity index is 1030. The number of anilines is 1. The van der Waals surface area contributed by atoms with E-state index in [0.29, 0.717) is 22.6 Å². The van der Waals surface area contributed by atoms with E-state index in [1.54, 1.807) is 12.1 Å². The zero-order valence-electron chi connectivity index (χ0n) is 14.9. The first-order valence-electron chi connectivity index (χ1n) is 8.87. The minimum Gasteiger partial charge on any atom is -0.367 e. The molecule has 0 saturated carbocycles. The number of benzene rings is 2. The molecule has 0 fully saturated rings. The summed E-state index contributed by atoms with van der Waals surface area (Å²) in [5.74, 6) is 0.372. The molecule has 0 spiro atoms. The minimum atomic E-state index is -0.296. The summed E-state index contributed by atoms with van der Waals surface area (Å²) in [5, 5.41) is 8.26. The van der Waals surface area contributed by atoms with Gasteiger partial charge in [-0.15, -0.1) is 0 Å². The summed E-state index contributed by atoms with van der Waals surface area (Å²) in [5.41, 5.74) is 3.06. The van der Waals surface area contributed by atoms with Crippen LogP contribution in [0.1, 0.15) is 18.9 Å². The number of halogens is 1. The maximum absolute atomic E-state index is 13.2. The summed E-state index contributed by atoms with van der Waals surface area (Å²) >= 11 is 0. The normalized spacial score (nSPS) is 12.2. The SMILES string of the molecule is C[C@H](CCc1ccccc1)Nc1ncnc2onc(-c3ccc(F)cc3)c12. The third-order valence-corrected chi connectivity index (χ3v) is 4.48. The van der Waals surface area contributed by atoms with Crippen molar-refractivity contribution in [3.8, 4) is 11.3 Å². The molecule has 2 aromatic carbocycles. The van der Waals surface area contributed by atoms with Crippen LogP contribution in [-0.2, 0) is 6.42 Å². The van der Waals surface area contributed by atoms with Gasteiger partial charge in [-0.25, -0.2) is 9.37 Å². The zero-order valence-corrected chi connectivity index (χ0v) is 14.9. The van der Waals surface area contributed by atoms with Crippen molar-refractivity contribution in [3.05, 3.63) is 72.3 Å². The largest absolute Gasteiger partial charge is 0.367 e. The van der Waals surface area contributed by atoms with E-state index >= 15 is 0 Å². The average Bonchev–Trinajstić information content (AvgIpc) is 3.13. The molecule has 0 saturated heterocycles. The fraction of sp³-hybridized carbons (Fsp3) is 0.190. The van der Waals surface area contributed by atoms with Crippen molar-refractivity contribution in [1.82, 2.24) is 15.1 Å². The number of hydrogen-bond acceptors (Lipinski definition) is 5. The predicted molar refractivity (Wildman–Crippen MR) is 103 cm³/mol. The Morgan fingerprint density at radius 1 is 1.04 bits per heavy atom. The maximum Gasteiger partial charge on any atom is 0.263 e. The lowest BCUT2D eigenvalue weighted by Crippen LogP contribution is -2.17. The van der Waals surface area contributed by atoms with E-state index in [1.807, 2.05) is 18.2 Å². The predicted octanol–water partition coefficient (Wildman–Crippen LogP) is 4.86. The molecule has 4 aromatic rings. The molecule has 27 heavy (non-hydrogen) atoms. The fourth-order valence-corrected chi connectivity index (χ4v) is 3.03. The molecule has 2 heterocycles. The Hall–Kier alpha value is -3.28. The van der Waals surface area contributed by atoms with Crippen molar-refractivity contribution in [1.29, 1.82) is 0 Å². The van der Waals surface area contributed by atoms with E-state index in [0.717, 1.165) is 18.4 Å². The van der Waals surface area contributed by atoms with E-state index in [1.165, 1.54) is 24.0 Å². The topological polar surface area (TPSA) is 63.8 Å². The van der Waals surface area contributed by atoms with Gasteiger partial charge in [-0.05, 0) is 49.6 Å². The van der Waals surface area contributed by atoms with Crippen LogP contribution < -0.4 is 5.32 Å². The van der Waals surface area contributed by atoms with Crippen LogP contribution in [0, 0.1) is 5.82 Å². The summed E-state index contributed by atoms with van der Waals surface area (Å²) in [6.45, 7) is 2.11. The number of nitrogens with zero attached hydrogens (tertiary/aromatic N) is 3. The van der Waals surface area contributed by atoms with Crippen LogP contribution in [-0.4, -0.2) is 21.2 Å². The Morgan fingerprint density at radius 3 is 2.59 bits per heavy atom. The molecule has 0 aliphatic heterocycles. The van der Waals surface area contributed by atoms with Crippen LogP contribution in [0.5, 0.6) is 0 Å². The maximum atomic E-state index is 13.2. The first-order valence-corrected chi connectivity index (χ1v) is 8.87. The molecule has 0 bridgehead atoms. The van der Waals surface area contributed by atoms with Crippen molar-refractivity contribution in [3.63, 3.8) is 0 Å². The second-order valence-electron chi connectivity index (χ2n) is 6.51. The highest BCUT2D eigenvalue weighted by Gasteiger charge is 2.18. The molecule has 1 N–H and O–H groups in total. The highest BCUT2D eigenvalue weighted by atomic mass is 19.1. The van der Waals surface area contributed by atoms with Crippen LogP contribution in [0.3, 0.4) is 0 Å². The molecule has 0 unspecified atom stereocenters. The fourth-order valence-electron chi connectivity index (χ4n) is 3.03. The van der Waals surface area contributed by atoms with Gasteiger partial charge < -0.3 is 9.84 Å². The molecule has 0 radical (unpaired) electrons. The Labute approximate surface area is 156 Å². The molecule has 6 heteroatoms. The molecule has 1 atom stereocenters. The van der Waals surface area contributed by atoms with Gasteiger partial charge in [-0.1, -0.05) is 35.5 Å². The quantitative estimate of drug-likeness (QED) is 0.531. The lowest BCUT2D eigenvalue weighted by Gasteiger charge is -2.15. The van der Waals surface area contributed by atoms with Gasteiger partial charge in [0.1, 0.15) is 29.0 Å². The number of nitrogens with one attached hydrogen (secondary N) is 1. The molecule has 0 amide bonds. The van der Waals surface area contributed by atoms with Gasteiger partial charge >= 0.3 is 0 Å². The van der Waals surface area contributed by atoms with Crippen LogP contribution in [0.2, 0.25) is 0 Å². The molecule has 0 aliphatic rings. The molecular formula is C21H19FN4O. The first kappa shape index (κ1) is 17.1. The van der Waals surface area contributed by atoms with E-state index in [2.05, 4.69) is 39.5 Å². The molecule has 2 aromatic heterocycles. The van der Waals surface area contributed by atoms with Gasteiger partial charge in [-0.2, -0.15) is 4.98 Å². The van der Waals surface area contributed by atoms with Gasteiger partial charge in [0.15, 0.2) is 0 Å². The standard InChI is InChI=1S/C21H19FN4O/c1-14(7-8-15-5-3-2-4-6-15)25-20-18-19(16-9-11-17(22)12-10-16)26-27-21(18)24-13-23-20/h2-6,9-14H,7-8H2,1H3,(H,23,24,25)/t14-/m1/s1. The van der Waals surface area contributed by atoms with Crippen molar-refractivity contribution in [2.24, 2.45) is 0 Å². The number of aromatic nitrogens is 3. The first-order chi connectivity index (χ1) is 13.2. The van der Waals surface area contributed by atoms with Gasteiger partial charge in [0.25, 0.3) is 5.71 Å². The smallest absolute Gasteiger partial charge is 0.263 e. The van der Waals surface area contributed by atoms with Crippen LogP contribution in [0.15, 0.2) is 65.4 Å². The summed E-state index contributed by atoms with van der Waals surface area (Å²) in [6, 6.07) is 16.7. The minimum absolute atomic E-state index is 0.194. The van der Waals surface area contributed by atoms with Crippen molar-refractivity contribution >= 4 is 16.9 Å². The summed E-state index contributed by atoms with van der Waals surface area (Å²) in [7, 11) is 0. The Kier molecular flexibility index (Phi) is 4.78. The summed E-state index contributed by atoms with van der Waals surface area (Å²) in [4.78, 5) is 8.53. The second kappa shape index (κ2) is 7.53. The number of aryl methyl sites for hydroxylation is 1. The second-order valence-corrected chi connectivity index (χ2v) is 6.51. The lowest BCUT2D eigenvalue weighted by atomic mass is 10.1. The van der Waals surface area contributed by atoms with Crippen LogP contribution >= 0.6 is 0 Å². The number of fused-ring (bicyclic) bond motifs is 1. The Morgan fingerprint density at radius 2 is 1.81 bits per heavy atom. The van der Waals surface area contributed by atoms with Crippen LogP contribution in [0.25, 0.3) is 22.4 Å². The van der Waals surface area contributed by atoms with Crippen molar-refractivity contribution < 1.29 is 8.91 Å². The molecular weight excluding hydrogens is 343 g/mol. The lowest BCUT2D eigenvalue weighted by molar-refractivity contribution is 0.451. The van der Waals surface area contributed by atoms with E-state index in [-0.39, 0.29) is 11.9 Å². The summed E-state index contributed by atoms with van der Waals surface area (Å²) in [6.07, 6.45) is 3.37. The highest BCUT2D eigenvalue weighted by Crippen LogP contribution is 2.31. The monoisotopic (exact) mass is 362 g/mol. The molecule has 0 aliphatic carbocycles. The summed E-state index contributed by atoms with van der Waals surface area (Å²) < 4.78 is 18.6. The van der Waals surface area contributed by atoms with Crippen molar-refractivity contribution in [2.45, 2.75) is 25.8 Å². The molecule has 5 nitrogen and oxygen atoms in total. The van der Waals surface area contributed by atoms with Crippen molar-refractivity contribution in [2.75, 3.05) is 5.32 Å². The highest BCUT2D eigenvalue weighted by molar-refractivity contribution is 5.97. The van der Waals surface area contributed by atoms with Gasteiger partial charge in [0.2, 0.25) is 0 Å². The molecule has 136 valence electrons. The van der Waals surface area contributed by atoms with Gasteiger partial charge in [-0.3, -0.25) is 0 Å². The third kappa shape index (κ3) is 3.79. The number of rotatable bonds is 6. The number of hydrogen-bond donors (Lipinski definition) is 1. The Balaban J connectivity index is 1.58.